The molecule has 7 heteroatoms. The Bertz CT molecular complexity index is 502. The maximum Gasteiger partial charge on any atom is 0.411 e. The van der Waals surface area contributed by atoms with Crippen molar-refractivity contribution in [2.45, 2.75) is 0 Å². The smallest absolute Gasteiger partial charge is 0.411 e. The van der Waals surface area contributed by atoms with E-state index in [0.717, 1.165) is 0 Å². The van der Waals surface area contributed by atoms with Crippen LogP contribution in [0.15, 0.2) is 24.8 Å². The third kappa shape index (κ3) is 3.65. The van der Waals surface area contributed by atoms with Gasteiger partial charge in [0.05, 0.1) is 16.3 Å². The molecule has 0 saturated carbocycles. The van der Waals surface area contributed by atoms with Gasteiger partial charge in [0.2, 0.25) is 0 Å². The van der Waals surface area contributed by atoms with Crippen LogP contribution in [0.25, 0.3) is 0 Å². The molecule has 0 unspecified atom stereocenters. The molecule has 0 heterocycles. The molecule has 0 bridgehead atoms. The number of benzene rings is 1. The molecule has 0 spiro atoms. The van der Waals surface area contributed by atoms with Crippen LogP contribution in [0.5, 0.6) is 0 Å². The Labute approximate surface area is 113 Å². The second kappa shape index (κ2) is 6.28. The van der Waals surface area contributed by atoms with E-state index in [0.29, 0.717) is 0 Å². The van der Waals surface area contributed by atoms with Crippen LogP contribution < -0.4 is 5.32 Å². The molecule has 1 aromatic rings. The van der Waals surface area contributed by atoms with E-state index >= 15 is 0 Å². The number of carbonyl (C=O) groups excluding carboxylic acids is 1. The summed E-state index contributed by atoms with van der Waals surface area (Å²) < 4.78 is 4.67. The maximum atomic E-state index is 11.3. The van der Waals surface area contributed by atoms with Crippen LogP contribution in [0.3, 0.4) is 0 Å². The summed E-state index contributed by atoms with van der Waals surface area (Å²) in [6.07, 6.45) is 0.609. The van der Waals surface area contributed by atoms with Gasteiger partial charge in [0.15, 0.2) is 0 Å². The quantitative estimate of drug-likeness (QED) is 0.833. The molecule has 2 N–H and O–H groups in total. The average molecular weight is 290 g/mol. The van der Waals surface area contributed by atoms with Crippen LogP contribution in [0.2, 0.25) is 10.0 Å². The number of amides is 1. The maximum absolute atomic E-state index is 11.3. The van der Waals surface area contributed by atoms with Gasteiger partial charge in [-0.2, -0.15) is 0 Å². The third-order valence-electron chi connectivity index (χ3n) is 1.84. The van der Waals surface area contributed by atoms with E-state index in [1.165, 1.54) is 18.2 Å². The molecule has 1 rings (SSSR count). The number of carbonyl (C=O) groups is 2. The number of anilines is 1. The van der Waals surface area contributed by atoms with Crippen LogP contribution in [0.1, 0.15) is 10.4 Å². The van der Waals surface area contributed by atoms with E-state index in [-0.39, 0.29) is 27.9 Å². The molecule has 18 heavy (non-hydrogen) atoms. The van der Waals surface area contributed by atoms with Gasteiger partial charge in [0.25, 0.3) is 0 Å². The second-order valence-electron chi connectivity index (χ2n) is 3.13. The second-order valence-corrected chi connectivity index (χ2v) is 3.95. The molecule has 0 saturated heterocycles. The minimum atomic E-state index is -1.25. The molecular formula is C11H9Cl2NO4. The highest BCUT2D eigenvalue weighted by Gasteiger charge is 2.16. The van der Waals surface area contributed by atoms with E-state index in [1.807, 2.05) is 0 Å². The van der Waals surface area contributed by atoms with Gasteiger partial charge in [0, 0.05) is 5.02 Å². The number of aromatic carboxylic acids is 1. The first-order chi connectivity index (χ1) is 8.45. The molecule has 5 nitrogen and oxygen atoms in total. The number of nitrogens with one attached hydrogen (secondary N) is 1. The summed E-state index contributed by atoms with van der Waals surface area (Å²) in [5.74, 6) is -1.25. The van der Waals surface area contributed by atoms with Gasteiger partial charge in [0.1, 0.15) is 6.61 Å². The first-order valence-corrected chi connectivity index (χ1v) is 5.48. The lowest BCUT2D eigenvalue weighted by Gasteiger charge is -2.09. The Hall–Kier alpha value is -1.72. The largest absolute Gasteiger partial charge is 0.478 e. The molecule has 1 amide bonds. The van der Waals surface area contributed by atoms with Crippen molar-refractivity contribution in [3.8, 4) is 0 Å². The number of carboxylic acids is 1. The zero-order valence-corrected chi connectivity index (χ0v) is 10.6. The van der Waals surface area contributed by atoms with Crippen molar-refractivity contribution < 1.29 is 19.4 Å². The topological polar surface area (TPSA) is 75.6 Å². The van der Waals surface area contributed by atoms with Gasteiger partial charge in [-0.1, -0.05) is 35.9 Å². The van der Waals surface area contributed by atoms with Crippen LogP contribution >= 0.6 is 23.2 Å². The molecule has 0 atom stereocenters. The van der Waals surface area contributed by atoms with Crippen molar-refractivity contribution in [1.82, 2.24) is 0 Å². The fraction of sp³-hybridized carbons (Fsp3) is 0.0909. The van der Waals surface area contributed by atoms with Gasteiger partial charge in [-0.25, -0.2) is 9.59 Å². The fourth-order valence-electron chi connectivity index (χ4n) is 1.12. The number of hydrogen-bond acceptors (Lipinski definition) is 3. The summed E-state index contributed by atoms with van der Waals surface area (Å²) in [4.78, 5) is 22.2. The van der Waals surface area contributed by atoms with Crippen LogP contribution in [0, 0.1) is 0 Å². The Balaban J connectivity index is 2.98. The lowest BCUT2D eigenvalue weighted by atomic mass is 10.2. The normalized spacial score (nSPS) is 9.67. The molecule has 0 radical (unpaired) electrons. The molecule has 1 aromatic carbocycles. The molecule has 0 aliphatic carbocycles. The van der Waals surface area contributed by atoms with Crippen LogP contribution in [-0.4, -0.2) is 23.8 Å². The van der Waals surface area contributed by atoms with Crippen molar-refractivity contribution >= 4 is 41.0 Å². The molecule has 96 valence electrons. The third-order valence-corrected chi connectivity index (χ3v) is 2.46. The average Bonchev–Trinajstić information content (AvgIpc) is 2.30. The van der Waals surface area contributed by atoms with E-state index < -0.39 is 12.1 Å². The fourth-order valence-corrected chi connectivity index (χ4v) is 1.57. The number of ether oxygens (including phenoxy) is 1. The molecule has 0 aliphatic heterocycles. The highest BCUT2D eigenvalue weighted by molar-refractivity contribution is 6.38. The number of hydrogen-bond donors (Lipinski definition) is 2. The minimum absolute atomic E-state index is 0.0236. The Morgan fingerprint density at radius 3 is 2.67 bits per heavy atom. The Morgan fingerprint density at radius 1 is 1.44 bits per heavy atom. The summed E-state index contributed by atoms with van der Waals surface area (Å²) in [7, 11) is 0. The van der Waals surface area contributed by atoms with E-state index in [4.69, 9.17) is 28.3 Å². The van der Waals surface area contributed by atoms with Crippen LogP contribution in [0.4, 0.5) is 10.5 Å². The zero-order chi connectivity index (χ0) is 13.7. The van der Waals surface area contributed by atoms with Gasteiger partial charge in [-0.15, -0.1) is 0 Å². The summed E-state index contributed by atoms with van der Waals surface area (Å²) in [6.45, 7) is 3.40. The molecule has 0 aromatic heterocycles. The first kappa shape index (κ1) is 14.3. The molecule has 0 aliphatic rings. The Morgan fingerprint density at radius 2 is 2.11 bits per heavy atom. The first-order valence-electron chi connectivity index (χ1n) is 4.72. The highest BCUT2D eigenvalue weighted by Crippen LogP contribution is 2.30. The monoisotopic (exact) mass is 289 g/mol. The number of carboxylic acid groups (broad SMARTS) is 1. The van der Waals surface area contributed by atoms with E-state index in [2.05, 4.69) is 16.6 Å². The molecular weight excluding hydrogens is 281 g/mol. The zero-order valence-electron chi connectivity index (χ0n) is 9.07. The number of rotatable bonds is 4. The minimum Gasteiger partial charge on any atom is -0.478 e. The van der Waals surface area contributed by atoms with Crippen molar-refractivity contribution in [3.05, 3.63) is 40.4 Å². The van der Waals surface area contributed by atoms with Crippen molar-refractivity contribution in [2.24, 2.45) is 0 Å². The summed E-state index contributed by atoms with van der Waals surface area (Å²) in [5.41, 5.74) is -0.140. The standard InChI is InChI=1S/C11H9Cl2NO4/c1-2-3-18-11(17)14-8-5-6(12)4-7(9(8)13)10(15)16/h2,4-5H,1,3H2,(H,14,17)(H,15,16). The lowest BCUT2D eigenvalue weighted by molar-refractivity contribution is 0.0697. The lowest BCUT2D eigenvalue weighted by Crippen LogP contribution is -2.14. The Kier molecular flexibility index (Phi) is 5.00. The van der Waals surface area contributed by atoms with Crippen molar-refractivity contribution in [2.75, 3.05) is 11.9 Å². The van der Waals surface area contributed by atoms with Crippen molar-refractivity contribution in [3.63, 3.8) is 0 Å². The van der Waals surface area contributed by atoms with Gasteiger partial charge in [-0.05, 0) is 12.1 Å². The van der Waals surface area contributed by atoms with Gasteiger partial charge in [-0.3, -0.25) is 5.32 Å². The van der Waals surface area contributed by atoms with E-state index in [9.17, 15) is 9.59 Å². The predicted octanol–water partition coefficient (Wildman–Crippen LogP) is 3.43. The highest BCUT2D eigenvalue weighted by atomic mass is 35.5. The summed E-state index contributed by atoms with van der Waals surface area (Å²) in [5, 5.41) is 11.2. The van der Waals surface area contributed by atoms with E-state index in [1.54, 1.807) is 0 Å². The molecule has 0 fully saturated rings. The van der Waals surface area contributed by atoms with Gasteiger partial charge >= 0.3 is 12.1 Å². The SMILES string of the molecule is C=CCOC(=O)Nc1cc(Cl)cc(C(=O)O)c1Cl. The van der Waals surface area contributed by atoms with Gasteiger partial charge < -0.3 is 9.84 Å². The van der Waals surface area contributed by atoms with Crippen molar-refractivity contribution in [1.29, 1.82) is 0 Å². The van der Waals surface area contributed by atoms with Crippen LogP contribution in [-0.2, 0) is 4.74 Å². The summed E-state index contributed by atoms with van der Waals surface area (Å²) >= 11 is 11.5. The predicted molar refractivity (Wildman–Crippen MR) is 68.6 cm³/mol. The summed E-state index contributed by atoms with van der Waals surface area (Å²) in [6, 6.07) is 2.51. The number of halogens is 2.